The van der Waals surface area contributed by atoms with Gasteiger partial charge in [0.15, 0.2) is 0 Å². The van der Waals surface area contributed by atoms with Crippen molar-refractivity contribution in [2.45, 2.75) is 25.4 Å². The highest BCUT2D eigenvalue weighted by atomic mass is 35.5. The van der Waals surface area contributed by atoms with Gasteiger partial charge in [-0.05, 0) is 36.8 Å². The lowest BCUT2D eigenvalue weighted by molar-refractivity contribution is 0.370. The fraction of sp³-hybridized carbons (Fsp3) is 0.600. The van der Waals surface area contributed by atoms with Crippen LogP contribution in [-0.2, 0) is 16.8 Å². The van der Waals surface area contributed by atoms with Crippen molar-refractivity contribution in [3.05, 3.63) is 34.6 Å². The van der Waals surface area contributed by atoms with E-state index < -0.39 is 16.0 Å². The molecule has 0 aromatic heterocycles. The van der Waals surface area contributed by atoms with Gasteiger partial charge >= 0.3 is 0 Å². The van der Waals surface area contributed by atoms with Gasteiger partial charge in [-0.25, -0.2) is 4.39 Å². The van der Waals surface area contributed by atoms with E-state index in [0.29, 0.717) is 19.0 Å². The Balaban J connectivity index is 1.75. The summed E-state index contributed by atoms with van der Waals surface area (Å²) in [5, 5.41) is 0.229. The van der Waals surface area contributed by atoms with Crippen LogP contribution in [0.2, 0.25) is 5.02 Å². The van der Waals surface area contributed by atoms with Gasteiger partial charge in [-0.3, -0.25) is 0 Å². The van der Waals surface area contributed by atoms with Crippen LogP contribution in [0.25, 0.3) is 0 Å². The highest BCUT2D eigenvalue weighted by molar-refractivity contribution is 7.86. The van der Waals surface area contributed by atoms with E-state index in [9.17, 15) is 12.8 Å². The van der Waals surface area contributed by atoms with Gasteiger partial charge in [0.1, 0.15) is 5.82 Å². The van der Waals surface area contributed by atoms with Crippen molar-refractivity contribution in [2.24, 2.45) is 17.6 Å². The Labute approximate surface area is 141 Å². The van der Waals surface area contributed by atoms with Gasteiger partial charge in [0.2, 0.25) is 0 Å². The van der Waals surface area contributed by atoms with Crippen LogP contribution in [0.1, 0.15) is 18.4 Å². The molecule has 0 amide bonds. The molecule has 1 heterocycles. The van der Waals surface area contributed by atoms with Crippen LogP contribution in [-0.4, -0.2) is 43.2 Å². The van der Waals surface area contributed by atoms with E-state index in [2.05, 4.69) is 0 Å². The first-order valence-electron chi connectivity index (χ1n) is 7.70. The van der Waals surface area contributed by atoms with Crippen LogP contribution >= 0.6 is 11.6 Å². The topological polar surface area (TPSA) is 66.6 Å². The predicted molar refractivity (Wildman–Crippen MR) is 87.6 cm³/mol. The normalized spacial score (nSPS) is 28.5. The quantitative estimate of drug-likeness (QED) is 0.889. The van der Waals surface area contributed by atoms with Crippen molar-refractivity contribution in [3.63, 3.8) is 0 Å². The van der Waals surface area contributed by atoms with Gasteiger partial charge in [0.05, 0.1) is 0 Å². The largest absolute Gasteiger partial charge is 0.327 e. The van der Waals surface area contributed by atoms with Crippen LogP contribution in [0, 0.1) is 17.7 Å². The summed E-state index contributed by atoms with van der Waals surface area (Å²) in [5.41, 5.74) is 6.25. The Bertz CT molecular complexity index is 680. The van der Waals surface area contributed by atoms with Crippen molar-refractivity contribution in [3.8, 4) is 0 Å². The number of halogens is 2. The second-order valence-electron chi connectivity index (χ2n) is 6.45. The molecule has 1 saturated carbocycles. The third kappa shape index (κ3) is 3.13. The first-order chi connectivity index (χ1) is 10.8. The molecule has 3 unspecified atom stereocenters. The lowest BCUT2D eigenvalue weighted by Crippen LogP contribution is -2.41. The summed E-state index contributed by atoms with van der Waals surface area (Å²) in [6.07, 6.45) is 1.94. The third-order valence-electron chi connectivity index (χ3n) is 5.04. The van der Waals surface area contributed by atoms with Crippen molar-refractivity contribution in [1.29, 1.82) is 0 Å². The molecule has 5 nitrogen and oxygen atoms in total. The van der Waals surface area contributed by atoms with Gasteiger partial charge < -0.3 is 5.73 Å². The fourth-order valence-electron chi connectivity index (χ4n) is 3.64. The molecule has 1 aromatic carbocycles. The maximum atomic E-state index is 13.9. The molecule has 3 atom stereocenters. The third-order valence-corrected chi connectivity index (χ3v) is 7.26. The minimum atomic E-state index is -3.65. The molecule has 0 spiro atoms. The van der Waals surface area contributed by atoms with E-state index in [1.807, 2.05) is 0 Å². The minimum absolute atomic E-state index is 0.0755. The molecule has 8 heteroatoms. The Morgan fingerprint density at radius 3 is 2.78 bits per heavy atom. The standard InChI is InChI=1S/C15H21ClFN3O2S/c1-19(8-12-13(16)3-2-4-14(12)17)23(21,22)20-7-10-5-6-15(18)11(10)9-20/h2-4,10-11,15H,5-9,18H2,1H3. The number of rotatable bonds is 4. The van der Waals surface area contributed by atoms with Crippen LogP contribution in [0.4, 0.5) is 4.39 Å². The van der Waals surface area contributed by atoms with Crippen molar-refractivity contribution in [2.75, 3.05) is 20.1 Å². The number of nitrogens with two attached hydrogens (primary N) is 1. The molecule has 1 saturated heterocycles. The van der Waals surface area contributed by atoms with Crippen molar-refractivity contribution >= 4 is 21.8 Å². The van der Waals surface area contributed by atoms with Gasteiger partial charge in [0, 0.05) is 43.3 Å². The van der Waals surface area contributed by atoms with E-state index >= 15 is 0 Å². The van der Waals surface area contributed by atoms with Crippen molar-refractivity contribution < 1.29 is 12.8 Å². The highest BCUT2D eigenvalue weighted by Gasteiger charge is 2.45. The molecule has 2 N–H and O–H groups in total. The average molecular weight is 362 g/mol. The van der Waals surface area contributed by atoms with E-state index in [-0.39, 0.29) is 29.1 Å². The van der Waals surface area contributed by atoms with Crippen LogP contribution in [0.15, 0.2) is 18.2 Å². The van der Waals surface area contributed by atoms with Gasteiger partial charge in [-0.1, -0.05) is 17.7 Å². The molecular formula is C15H21ClFN3O2S. The van der Waals surface area contributed by atoms with Crippen LogP contribution in [0.5, 0.6) is 0 Å². The number of hydrogen-bond donors (Lipinski definition) is 1. The molecule has 1 aliphatic heterocycles. The Kier molecular flexibility index (Phi) is 4.68. The number of hydrogen-bond acceptors (Lipinski definition) is 3. The Morgan fingerprint density at radius 2 is 2.13 bits per heavy atom. The number of nitrogens with zero attached hydrogens (tertiary/aromatic N) is 2. The van der Waals surface area contributed by atoms with E-state index in [1.165, 1.54) is 23.5 Å². The summed E-state index contributed by atoms with van der Waals surface area (Å²) in [7, 11) is -2.20. The summed E-state index contributed by atoms with van der Waals surface area (Å²) >= 11 is 5.99. The lowest BCUT2D eigenvalue weighted by Gasteiger charge is -2.25. The summed E-state index contributed by atoms with van der Waals surface area (Å²) in [4.78, 5) is 0. The molecule has 23 heavy (non-hydrogen) atoms. The number of benzene rings is 1. The zero-order valence-electron chi connectivity index (χ0n) is 13.0. The number of fused-ring (bicyclic) bond motifs is 1. The van der Waals surface area contributed by atoms with E-state index in [1.54, 1.807) is 6.07 Å². The zero-order valence-corrected chi connectivity index (χ0v) is 14.5. The molecule has 2 fully saturated rings. The molecule has 128 valence electrons. The maximum absolute atomic E-state index is 13.9. The molecule has 2 aliphatic rings. The zero-order chi connectivity index (χ0) is 16.8. The molecule has 0 bridgehead atoms. The summed E-state index contributed by atoms with van der Waals surface area (Å²) in [6, 6.07) is 4.41. The smallest absolute Gasteiger partial charge is 0.282 e. The second kappa shape index (κ2) is 6.29. The average Bonchev–Trinajstić information content (AvgIpc) is 3.06. The van der Waals surface area contributed by atoms with Crippen molar-refractivity contribution in [1.82, 2.24) is 8.61 Å². The maximum Gasteiger partial charge on any atom is 0.282 e. The summed E-state index contributed by atoms with van der Waals surface area (Å²) in [6.45, 7) is 0.852. The molecule has 1 aromatic rings. The fourth-order valence-corrected chi connectivity index (χ4v) is 5.29. The van der Waals surface area contributed by atoms with Crippen LogP contribution < -0.4 is 5.73 Å². The first kappa shape index (κ1) is 17.1. The van der Waals surface area contributed by atoms with Gasteiger partial charge in [0.25, 0.3) is 10.2 Å². The first-order valence-corrected chi connectivity index (χ1v) is 9.48. The molecule has 1 aliphatic carbocycles. The van der Waals surface area contributed by atoms with E-state index in [0.717, 1.165) is 17.1 Å². The molecule has 0 radical (unpaired) electrons. The monoisotopic (exact) mass is 361 g/mol. The Morgan fingerprint density at radius 1 is 1.39 bits per heavy atom. The van der Waals surface area contributed by atoms with Gasteiger partial charge in [-0.2, -0.15) is 17.0 Å². The summed E-state index contributed by atoms with van der Waals surface area (Å²) in [5.74, 6) is 0.0697. The highest BCUT2D eigenvalue weighted by Crippen LogP contribution is 2.38. The van der Waals surface area contributed by atoms with Gasteiger partial charge in [-0.15, -0.1) is 0 Å². The lowest BCUT2D eigenvalue weighted by atomic mass is 9.98. The Hall–Kier alpha value is -0.730. The second-order valence-corrected chi connectivity index (χ2v) is 8.89. The van der Waals surface area contributed by atoms with E-state index in [4.69, 9.17) is 17.3 Å². The SMILES string of the molecule is CN(Cc1c(F)cccc1Cl)S(=O)(=O)N1CC2CCC(N)C2C1. The predicted octanol–water partition coefficient (Wildman–Crippen LogP) is 1.82. The minimum Gasteiger partial charge on any atom is -0.327 e. The van der Waals surface area contributed by atoms with Crippen LogP contribution in [0.3, 0.4) is 0 Å². The molecule has 3 rings (SSSR count). The summed E-state index contributed by atoms with van der Waals surface area (Å²) < 4.78 is 42.0. The molecular weight excluding hydrogens is 341 g/mol.